The lowest BCUT2D eigenvalue weighted by Gasteiger charge is -2.06. The molecule has 0 saturated heterocycles. The topological polar surface area (TPSA) is 30.4 Å². The van der Waals surface area contributed by atoms with Crippen LogP contribution in [0.1, 0.15) is 5.56 Å². The lowest BCUT2D eigenvalue weighted by Crippen LogP contribution is -1.86. The predicted octanol–water partition coefficient (Wildman–Crippen LogP) is 8.11. The molecule has 0 saturated carbocycles. The van der Waals surface area contributed by atoms with Crippen LogP contribution in [0.15, 0.2) is 95.4 Å². The van der Waals surface area contributed by atoms with Gasteiger partial charge in [-0.25, -0.2) is 4.98 Å². The molecule has 0 aliphatic rings. The molecule has 0 bridgehead atoms. The van der Waals surface area contributed by atoms with Gasteiger partial charge in [0.25, 0.3) is 0 Å². The van der Waals surface area contributed by atoms with E-state index in [1.54, 1.807) is 0 Å². The minimum Gasteiger partial charge on any atom is -0.454 e. The van der Waals surface area contributed by atoms with E-state index >= 15 is 0 Å². The van der Waals surface area contributed by atoms with E-state index in [1.807, 2.05) is 6.07 Å². The van der Waals surface area contributed by atoms with Gasteiger partial charge in [0.1, 0.15) is 11.1 Å². The number of nitrogens with zero attached hydrogens (tertiary/aromatic N) is 2. The van der Waals surface area contributed by atoms with E-state index in [0.29, 0.717) is 0 Å². The van der Waals surface area contributed by atoms with Crippen molar-refractivity contribution in [2.45, 2.75) is 6.92 Å². The van der Waals surface area contributed by atoms with Gasteiger partial charge >= 0.3 is 0 Å². The normalized spacial score (nSPS) is 12.4. The molecule has 4 aromatic heterocycles. The van der Waals surface area contributed by atoms with Crippen molar-refractivity contribution in [1.29, 1.82) is 0 Å². The van der Waals surface area contributed by atoms with Crippen molar-refractivity contribution >= 4 is 60.2 Å². The van der Waals surface area contributed by atoms with Crippen LogP contribution in [0.4, 0.5) is 0 Å². The summed E-state index contributed by atoms with van der Waals surface area (Å²) in [4.78, 5) is 5.03. The number of para-hydroxylation sites is 2. The summed E-state index contributed by atoms with van der Waals surface area (Å²) in [5, 5.41) is 5.94. The second-order valence-corrected chi connectivity index (χ2v) is 8.91. The maximum absolute atomic E-state index is 6.57. The van der Waals surface area contributed by atoms with Gasteiger partial charge in [0.05, 0.1) is 27.6 Å². The first-order chi connectivity index (χ1) is 16.3. The Labute approximate surface area is 188 Å². The number of benzene rings is 4. The smallest absolute Gasteiger partial charge is 0.162 e. The van der Waals surface area contributed by atoms with Crippen LogP contribution < -0.4 is 0 Å². The summed E-state index contributed by atoms with van der Waals surface area (Å²) >= 11 is 0. The summed E-state index contributed by atoms with van der Waals surface area (Å²) in [6.45, 7) is 2.11. The Morgan fingerprint density at radius 2 is 1.58 bits per heavy atom. The highest BCUT2D eigenvalue weighted by atomic mass is 16.3. The molecule has 0 N–H and O–H groups in total. The van der Waals surface area contributed by atoms with Crippen LogP contribution in [0.2, 0.25) is 0 Å². The first kappa shape index (κ1) is 17.2. The molecule has 0 radical (unpaired) electrons. The van der Waals surface area contributed by atoms with E-state index < -0.39 is 0 Å². The second kappa shape index (κ2) is 5.90. The third-order valence-electron chi connectivity index (χ3n) is 6.98. The van der Waals surface area contributed by atoms with Crippen LogP contribution in [0.5, 0.6) is 0 Å². The van der Waals surface area contributed by atoms with Crippen molar-refractivity contribution in [3.05, 3.63) is 96.6 Å². The van der Waals surface area contributed by atoms with Gasteiger partial charge in [-0.05, 0) is 42.8 Å². The summed E-state index contributed by atoms with van der Waals surface area (Å²) in [7, 11) is 0. The van der Waals surface area contributed by atoms with Crippen LogP contribution in [0.3, 0.4) is 0 Å². The fourth-order valence-electron chi connectivity index (χ4n) is 5.53. The molecule has 154 valence electrons. The van der Waals surface area contributed by atoms with E-state index in [2.05, 4.69) is 96.3 Å². The highest BCUT2D eigenvalue weighted by Crippen LogP contribution is 2.46. The largest absolute Gasteiger partial charge is 0.454 e. The second-order valence-electron chi connectivity index (χ2n) is 8.91. The van der Waals surface area contributed by atoms with E-state index in [1.165, 1.54) is 27.4 Å². The van der Waals surface area contributed by atoms with Crippen molar-refractivity contribution in [2.24, 2.45) is 0 Å². The van der Waals surface area contributed by atoms with Crippen LogP contribution in [0.25, 0.3) is 71.4 Å². The molecular weight excluding hydrogens is 404 g/mol. The van der Waals surface area contributed by atoms with Gasteiger partial charge in [-0.15, -0.1) is 0 Å². The number of rotatable bonds is 1. The number of aryl methyl sites for hydroxylation is 1. The number of furan rings is 1. The van der Waals surface area contributed by atoms with Crippen molar-refractivity contribution in [3.8, 4) is 11.3 Å². The maximum Gasteiger partial charge on any atom is 0.162 e. The number of pyridine rings is 1. The minimum absolute atomic E-state index is 0.929. The lowest BCUT2D eigenvalue weighted by molar-refractivity contribution is 0.672. The molecule has 0 spiro atoms. The number of fused-ring (bicyclic) bond motifs is 9. The van der Waals surface area contributed by atoms with Crippen LogP contribution in [0, 0.1) is 6.92 Å². The fraction of sp³-hybridized carbons (Fsp3) is 0.0333. The quantitative estimate of drug-likeness (QED) is 0.267. The zero-order valence-corrected chi connectivity index (χ0v) is 18.0. The molecule has 8 rings (SSSR count). The Morgan fingerprint density at radius 3 is 2.55 bits per heavy atom. The molecule has 4 aromatic carbocycles. The molecule has 0 fully saturated rings. The van der Waals surface area contributed by atoms with Gasteiger partial charge in [-0.1, -0.05) is 60.7 Å². The summed E-state index contributed by atoms with van der Waals surface area (Å²) in [5.41, 5.74) is 9.69. The van der Waals surface area contributed by atoms with Crippen LogP contribution >= 0.6 is 0 Å². The van der Waals surface area contributed by atoms with E-state index in [4.69, 9.17) is 9.40 Å². The molecule has 33 heavy (non-hydrogen) atoms. The first-order valence-electron chi connectivity index (χ1n) is 11.2. The summed E-state index contributed by atoms with van der Waals surface area (Å²) in [6, 6.07) is 32.1. The maximum atomic E-state index is 6.57. The standard InChI is InChI=1S/C30H18N2O/c1-17-10-12-22-26(16-17)33-30-27-21(24-15-11-18-6-2-4-8-23(18)31-24)14-13-20-19-7-3-5-9-25(19)32(28(20)27)29(22)30/h2-16H,1H3. The molecule has 3 heteroatoms. The molecule has 0 aliphatic carbocycles. The van der Waals surface area contributed by atoms with Crippen molar-refractivity contribution in [1.82, 2.24) is 9.38 Å². The van der Waals surface area contributed by atoms with Crippen LogP contribution in [-0.4, -0.2) is 9.38 Å². The third kappa shape index (κ3) is 2.12. The number of hydrogen-bond acceptors (Lipinski definition) is 2. The zero-order valence-electron chi connectivity index (χ0n) is 18.0. The van der Waals surface area contributed by atoms with Gasteiger partial charge in [0, 0.05) is 27.1 Å². The summed E-state index contributed by atoms with van der Waals surface area (Å²) in [6.07, 6.45) is 0. The molecule has 0 amide bonds. The van der Waals surface area contributed by atoms with Crippen molar-refractivity contribution in [2.75, 3.05) is 0 Å². The Hall–Kier alpha value is -4.37. The van der Waals surface area contributed by atoms with Gasteiger partial charge < -0.3 is 8.82 Å². The minimum atomic E-state index is 0.929. The van der Waals surface area contributed by atoms with E-state index in [-0.39, 0.29) is 0 Å². The molecule has 4 heterocycles. The van der Waals surface area contributed by atoms with Crippen molar-refractivity contribution < 1.29 is 4.42 Å². The van der Waals surface area contributed by atoms with E-state index in [9.17, 15) is 0 Å². The Kier molecular flexibility index (Phi) is 3.08. The molecule has 0 atom stereocenters. The highest BCUT2D eigenvalue weighted by Gasteiger charge is 2.25. The zero-order chi connectivity index (χ0) is 21.7. The molecular formula is C30H18N2O. The van der Waals surface area contributed by atoms with Crippen LogP contribution in [-0.2, 0) is 0 Å². The van der Waals surface area contributed by atoms with Crippen molar-refractivity contribution in [3.63, 3.8) is 0 Å². The fourth-order valence-corrected chi connectivity index (χ4v) is 5.53. The molecule has 8 aromatic rings. The predicted molar refractivity (Wildman–Crippen MR) is 136 cm³/mol. The van der Waals surface area contributed by atoms with Gasteiger partial charge in [0.15, 0.2) is 5.58 Å². The third-order valence-corrected chi connectivity index (χ3v) is 6.98. The number of hydrogen-bond donors (Lipinski definition) is 0. The van der Waals surface area contributed by atoms with Gasteiger partial charge in [0.2, 0.25) is 0 Å². The molecule has 0 unspecified atom stereocenters. The highest BCUT2D eigenvalue weighted by molar-refractivity contribution is 6.29. The SMILES string of the molecule is Cc1ccc2c(c1)oc1c3c(-c4ccc5ccccc5n4)ccc4c5ccccc5n(c21)c43. The Balaban J connectivity index is 1.62. The van der Waals surface area contributed by atoms with Gasteiger partial charge in [-0.2, -0.15) is 0 Å². The van der Waals surface area contributed by atoms with E-state index in [0.717, 1.165) is 49.6 Å². The average Bonchev–Trinajstić information content (AvgIpc) is 3.48. The summed E-state index contributed by atoms with van der Waals surface area (Å²) < 4.78 is 8.96. The monoisotopic (exact) mass is 422 g/mol. The van der Waals surface area contributed by atoms with Gasteiger partial charge in [-0.3, -0.25) is 0 Å². The number of aromatic nitrogens is 2. The summed E-state index contributed by atoms with van der Waals surface area (Å²) in [5.74, 6) is 0. The molecule has 3 nitrogen and oxygen atoms in total. The Bertz CT molecular complexity index is 2040. The lowest BCUT2D eigenvalue weighted by atomic mass is 10.0. The average molecular weight is 422 g/mol. The Morgan fingerprint density at radius 1 is 0.727 bits per heavy atom. The molecule has 0 aliphatic heterocycles. The first-order valence-corrected chi connectivity index (χ1v) is 11.2.